The standard InChI is InChI=1S/C26H22Cl2N2O4/c1-14-10-21(34-3)15(2)9-18(14)24(31)22-23(17-6-7-19(27)20(28)11-17)30(26(33)25(22)32)13-16-5-4-8-29-12-16/h4-12,23,31H,13H2,1-3H3/b24-22+. The van der Waals surface area contributed by atoms with Crippen molar-refractivity contribution < 1.29 is 19.4 Å². The van der Waals surface area contributed by atoms with Crippen LogP contribution in [0.5, 0.6) is 5.75 Å². The van der Waals surface area contributed by atoms with Gasteiger partial charge in [0.15, 0.2) is 0 Å². The van der Waals surface area contributed by atoms with E-state index in [0.717, 1.165) is 11.1 Å². The third-order valence-electron chi connectivity index (χ3n) is 5.87. The lowest BCUT2D eigenvalue weighted by molar-refractivity contribution is -0.140. The number of methoxy groups -OCH3 is 1. The number of aromatic nitrogens is 1. The number of likely N-dealkylation sites (tertiary alicyclic amines) is 1. The van der Waals surface area contributed by atoms with Crippen LogP contribution >= 0.6 is 23.2 Å². The van der Waals surface area contributed by atoms with Crippen molar-refractivity contribution in [1.29, 1.82) is 0 Å². The van der Waals surface area contributed by atoms with Crippen LogP contribution in [-0.2, 0) is 16.1 Å². The number of carbonyl (C=O) groups is 2. The Hall–Kier alpha value is -3.35. The predicted molar refractivity (Wildman–Crippen MR) is 131 cm³/mol. The molecule has 1 saturated heterocycles. The molecule has 1 aliphatic rings. The van der Waals surface area contributed by atoms with E-state index >= 15 is 0 Å². The van der Waals surface area contributed by atoms with Gasteiger partial charge in [-0.2, -0.15) is 0 Å². The summed E-state index contributed by atoms with van der Waals surface area (Å²) in [7, 11) is 1.57. The largest absolute Gasteiger partial charge is 0.507 e. The first-order chi connectivity index (χ1) is 16.2. The monoisotopic (exact) mass is 496 g/mol. The first kappa shape index (κ1) is 23.8. The first-order valence-electron chi connectivity index (χ1n) is 10.5. The van der Waals surface area contributed by atoms with Crippen LogP contribution < -0.4 is 4.74 Å². The van der Waals surface area contributed by atoms with E-state index in [1.54, 1.807) is 62.8 Å². The topological polar surface area (TPSA) is 79.7 Å². The third-order valence-corrected chi connectivity index (χ3v) is 6.61. The maximum atomic E-state index is 13.3. The second kappa shape index (κ2) is 9.49. The van der Waals surface area contributed by atoms with Gasteiger partial charge in [-0.25, -0.2) is 0 Å². The van der Waals surface area contributed by atoms with Crippen LogP contribution in [0.4, 0.5) is 0 Å². The van der Waals surface area contributed by atoms with Crippen molar-refractivity contribution in [3.05, 3.63) is 98.3 Å². The molecule has 0 bridgehead atoms. The molecule has 4 rings (SSSR count). The normalized spacial score (nSPS) is 17.3. The van der Waals surface area contributed by atoms with Crippen molar-refractivity contribution >= 4 is 40.7 Å². The molecule has 3 aromatic rings. The molecule has 6 nitrogen and oxygen atoms in total. The fourth-order valence-electron chi connectivity index (χ4n) is 4.17. The van der Waals surface area contributed by atoms with Gasteiger partial charge in [-0.1, -0.05) is 35.3 Å². The van der Waals surface area contributed by atoms with Crippen LogP contribution in [0.1, 0.15) is 33.9 Å². The van der Waals surface area contributed by atoms with E-state index in [0.29, 0.717) is 27.5 Å². The number of aliphatic hydroxyl groups is 1. The van der Waals surface area contributed by atoms with E-state index in [1.807, 2.05) is 13.0 Å². The van der Waals surface area contributed by atoms with Gasteiger partial charge in [0.25, 0.3) is 11.7 Å². The van der Waals surface area contributed by atoms with Gasteiger partial charge in [0.05, 0.1) is 28.8 Å². The average molecular weight is 497 g/mol. The molecule has 1 aliphatic heterocycles. The molecular weight excluding hydrogens is 475 g/mol. The smallest absolute Gasteiger partial charge is 0.295 e. The molecule has 1 atom stereocenters. The zero-order chi connectivity index (χ0) is 24.6. The van der Waals surface area contributed by atoms with Crippen LogP contribution in [0.2, 0.25) is 10.0 Å². The zero-order valence-electron chi connectivity index (χ0n) is 18.8. The second-order valence-corrected chi connectivity index (χ2v) is 8.91. The summed E-state index contributed by atoms with van der Waals surface area (Å²) in [5.74, 6) is -1.09. The highest BCUT2D eigenvalue weighted by atomic mass is 35.5. The number of ether oxygens (including phenoxy) is 1. The number of pyridine rings is 1. The molecule has 1 amide bonds. The van der Waals surface area contributed by atoms with Crippen molar-refractivity contribution in [2.45, 2.75) is 26.4 Å². The summed E-state index contributed by atoms with van der Waals surface area (Å²) in [6.45, 7) is 3.77. The van der Waals surface area contributed by atoms with Crippen molar-refractivity contribution in [1.82, 2.24) is 9.88 Å². The number of hydrogen-bond donors (Lipinski definition) is 1. The van der Waals surface area contributed by atoms with Crippen LogP contribution in [0.25, 0.3) is 5.76 Å². The number of benzene rings is 2. The van der Waals surface area contributed by atoms with Gasteiger partial charge >= 0.3 is 0 Å². The van der Waals surface area contributed by atoms with Gasteiger partial charge in [0, 0.05) is 24.5 Å². The van der Waals surface area contributed by atoms with E-state index in [4.69, 9.17) is 27.9 Å². The van der Waals surface area contributed by atoms with Crippen LogP contribution in [0.3, 0.4) is 0 Å². The van der Waals surface area contributed by atoms with Crippen molar-refractivity contribution in [3.63, 3.8) is 0 Å². The van der Waals surface area contributed by atoms with E-state index in [9.17, 15) is 14.7 Å². The van der Waals surface area contributed by atoms with Gasteiger partial charge < -0.3 is 14.7 Å². The van der Waals surface area contributed by atoms with Gasteiger partial charge in [-0.05, 0) is 66.4 Å². The number of halogens is 2. The average Bonchev–Trinajstić information content (AvgIpc) is 3.07. The molecule has 2 heterocycles. The Morgan fingerprint density at radius 1 is 1.09 bits per heavy atom. The number of ketones is 1. The first-order valence-corrected chi connectivity index (χ1v) is 11.3. The fraction of sp³-hybridized carbons (Fsp3) is 0.192. The molecule has 1 aromatic heterocycles. The van der Waals surface area contributed by atoms with E-state index < -0.39 is 17.7 Å². The summed E-state index contributed by atoms with van der Waals surface area (Å²) in [6.07, 6.45) is 3.26. The number of hydrogen-bond acceptors (Lipinski definition) is 5. The maximum absolute atomic E-state index is 13.3. The lowest BCUT2D eigenvalue weighted by Gasteiger charge is -2.26. The number of Topliss-reactive ketones (excluding diaryl/α,β-unsaturated/α-hetero) is 1. The lowest BCUT2D eigenvalue weighted by atomic mass is 9.93. The number of rotatable bonds is 5. The Labute approximate surface area is 207 Å². The molecule has 8 heteroatoms. The molecule has 1 N–H and O–H groups in total. The SMILES string of the molecule is COc1cc(C)c(/C(O)=C2\C(=O)C(=O)N(Cc3cccnc3)C2c2ccc(Cl)c(Cl)c2)cc1C. The predicted octanol–water partition coefficient (Wildman–Crippen LogP) is 5.64. The van der Waals surface area contributed by atoms with Crippen LogP contribution in [0.15, 0.2) is 60.4 Å². The van der Waals surface area contributed by atoms with Crippen molar-refractivity contribution in [2.75, 3.05) is 7.11 Å². The number of aryl methyl sites for hydroxylation is 2. The molecule has 1 unspecified atom stereocenters. The van der Waals surface area contributed by atoms with Crippen molar-refractivity contribution in [3.8, 4) is 5.75 Å². The Kier molecular flexibility index (Phi) is 6.64. The Morgan fingerprint density at radius 2 is 1.85 bits per heavy atom. The highest BCUT2D eigenvalue weighted by molar-refractivity contribution is 6.46. The number of carbonyl (C=O) groups excluding carboxylic acids is 2. The number of amides is 1. The Bertz CT molecular complexity index is 1320. The molecule has 2 aromatic carbocycles. The Balaban J connectivity index is 1.92. The fourth-order valence-corrected chi connectivity index (χ4v) is 4.48. The minimum absolute atomic E-state index is 0.0139. The highest BCUT2D eigenvalue weighted by Crippen LogP contribution is 2.42. The van der Waals surface area contributed by atoms with Gasteiger partial charge in [-0.3, -0.25) is 14.6 Å². The zero-order valence-corrected chi connectivity index (χ0v) is 20.3. The summed E-state index contributed by atoms with van der Waals surface area (Å²) in [5, 5.41) is 12.0. The summed E-state index contributed by atoms with van der Waals surface area (Å²) >= 11 is 12.4. The van der Waals surface area contributed by atoms with E-state index in [1.165, 1.54) is 4.90 Å². The van der Waals surface area contributed by atoms with Gasteiger partial charge in [0.1, 0.15) is 11.5 Å². The minimum atomic E-state index is -0.864. The van der Waals surface area contributed by atoms with E-state index in [2.05, 4.69) is 4.98 Å². The summed E-state index contributed by atoms with van der Waals surface area (Å²) in [6, 6.07) is 11.1. The highest BCUT2D eigenvalue weighted by Gasteiger charge is 2.46. The van der Waals surface area contributed by atoms with E-state index in [-0.39, 0.29) is 22.9 Å². The van der Waals surface area contributed by atoms with Crippen molar-refractivity contribution in [2.24, 2.45) is 0 Å². The molecular formula is C26H22Cl2N2O4. The second-order valence-electron chi connectivity index (χ2n) is 8.10. The maximum Gasteiger partial charge on any atom is 0.295 e. The van der Waals surface area contributed by atoms with Gasteiger partial charge in [0.2, 0.25) is 0 Å². The molecule has 34 heavy (non-hydrogen) atoms. The molecule has 0 radical (unpaired) electrons. The molecule has 0 spiro atoms. The molecule has 1 fully saturated rings. The lowest BCUT2D eigenvalue weighted by Crippen LogP contribution is -2.29. The van der Waals surface area contributed by atoms with Crippen LogP contribution in [-0.4, -0.2) is 33.8 Å². The minimum Gasteiger partial charge on any atom is -0.507 e. The molecule has 0 aliphatic carbocycles. The quantitative estimate of drug-likeness (QED) is 0.281. The summed E-state index contributed by atoms with van der Waals surface area (Å²) < 4.78 is 5.36. The number of nitrogens with zero attached hydrogens (tertiary/aromatic N) is 2. The van der Waals surface area contributed by atoms with Crippen LogP contribution in [0, 0.1) is 13.8 Å². The van der Waals surface area contributed by atoms with Gasteiger partial charge in [-0.15, -0.1) is 0 Å². The molecule has 174 valence electrons. The summed E-state index contributed by atoms with van der Waals surface area (Å²) in [5.41, 5.74) is 3.21. The molecule has 0 saturated carbocycles. The summed E-state index contributed by atoms with van der Waals surface area (Å²) in [4.78, 5) is 32.0. The number of aliphatic hydroxyl groups excluding tert-OH is 1. The third kappa shape index (κ3) is 4.27. The Morgan fingerprint density at radius 3 is 2.50 bits per heavy atom.